The molecule has 3 aromatic rings. The number of aliphatic hydroxyl groups excluding tert-OH is 3. The van der Waals surface area contributed by atoms with Crippen LogP contribution in [0, 0.1) is 0 Å². The van der Waals surface area contributed by atoms with Gasteiger partial charge in [-0.1, -0.05) is 11.6 Å². The molecule has 4 atom stereocenters. The van der Waals surface area contributed by atoms with E-state index in [1.807, 2.05) is 0 Å². The maximum absolute atomic E-state index is 10.2. The SMILES string of the molecule is OC[C@H]1OC(n2cnc3c(NCc4cc(Cl)ccc4O)ncnc32)[C@H](O)[C@@H]1O. The summed E-state index contributed by atoms with van der Waals surface area (Å²) in [5.74, 6) is 0.508. The fourth-order valence-corrected chi connectivity index (χ4v) is 3.35. The van der Waals surface area contributed by atoms with Gasteiger partial charge in [-0.05, 0) is 18.2 Å². The molecule has 2 aromatic heterocycles. The smallest absolute Gasteiger partial charge is 0.167 e. The Morgan fingerprint density at radius 3 is 2.75 bits per heavy atom. The zero-order valence-corrected chi connectivity index (χ0v) is 15.2. The van der Waals surface area contributed by atoms with Gasteiger partial charge in [-0.3, -0.25) is 4.57 Å². The number of aromatic hydroxyl groups is 1. The number of imidazole rings is 1. The monoisotopic (exact) mass is 407 g/mol. The van der Waals surface area contributed by atoms with Crippen molar-refractivity contribution in [1.29, 1.82) is 0 Å². The van der Waals surface area contributed by atoms with Gasteiger partial charge in [-0.15, -0.1) is 0 Å². The number of hydrogen-bond acceptors (Lipinski definition) is 9. The highest BCUT2D eigenvalue weighted by Gasteiger charge is 2.44. The van der Waals surface area contributed by atoms with Gasteiger partial charge in [0.1, 0.15) is 30.4 Å². The van der Waals surface area contributed by atoms with Gasteiger partial charge in [0.05, 0.1) is 12.9 Å². The highest BCUT2D eigenvalue weighted by atomic mass is 35.5. The largest absolute Gasteiger partial charge is 0.508 e. The second kappa shape index (κ2) is 7.49. The molecule has 5 N–H and O–H groups in total. The Hall–Kier alpha value is -2.50. The van der Waals surface area contributed by atoms with E-state index >= 15 is 0 Å². The molecule has 0 radical (unpaired) electrons. The van der Waals surface area contributed by atoms with Crippen LogP contribution in [0.25, 0.3) is 11.2 Å². The van der Waals surface area contributed by atoms with Crippen molar-refractivity contribution >= 4 is 28.6 Å². The van der Waals surface area contributed by atoms with Gasteiger partial charge in [-0.2, -0.15) is 0 Å². The van der Waals surface area contributed by atoms with Crippen LogP contribution < -0.4 is 5.32 Å². The van der Waals surface area contributed by atoms with Crippen LogP contribution >= 0.6 is 11.6 Å². The molecule has 0 aliphatic carbocycles. The topological polar surface area (TPSA) is 146 Å². The summed E-state index contributed by atoms with van der Waals surface area (Å²) >= 11 is 5.96. The number of benzene rings is 1. The molecule has 1 aliphatic heterocycles. The highest BCUT2D eigenvalue weighted by Crippen LogP contribution is 2.32. The first kappa shape index (κ1) is 18.8. The predicted molar refractivity (Wildman–Crippen MR) is 98.8 cm³/mol. The number of fused-ring (bicyclic) bond motifs is 1. The quantitative estimate of drug-likeness (QED) is 0.405. The number of ether oxygens (including phenoxy) is 1. The Balaban J connectivity index is 1.61. The van der Waals surface area contributed by atoms with Crippen molar-refractivity contribution in [3.05, 3.63) is 41.4 Å². The number of halogens is 1. The second-order valence-corrected chi connectivity index (χ2v) is 6.84. The van der Waals surface area contributed by atoms with E-state index in [1.54, 1.807) is 12.1 Å². The van der Waals surface area contributed by atoms with Crippen LogP contribution in [0.2, 0.25) is 5.02 Å². The van der Waals surface area contributed by atoms with Crippen molar-refractivity contribution in [2.45, 2.75) is 31.1 Å². The molecule has 1 aliphatic rings. The molecule has 3 heterocycles. The summed E-state index contributed by atoms with van der Waals surface area (Å²) in [6.07, 6.45) is -1.58. The summed E-state index contributed by atoms with van der Waals surface area (Å²) in [5.41, 5.74) is 1.38. The minimum Gasteiger partial charge on any atom is -0.508 e. The number of rotatable bonds is 5. The van der Waals surface area contributed by atoms with Crippen molar-refractivity contribution in [1.82, 2.24) is 19.5 Å². The lowest BCUT2D eigenvalue weighted by Gasteiger charge is -2.16. The number of nitrogens with zero attached hydrogens (tertiary/aromatic N) is 4. The van der Waals surface area contributed by atoms with E-state index in [2.05, 4.69) is 20.3 Å². The molecule has 10 nitrogen and oxygen atoms in total. The standard InChI is InChI=1S/C17H18ClN5O5/c18-9-1-2-10(25)8(3-9)4-19-15-12-16(21-6-20-15)23(7-22-12)17-14(27)13(26)11(5-24)28-17/h1-3,6-7,11,13-14,17,24-27H,4-5H2,(H,19,20,21)/t11-,13-,14-,17?/m1/s1. The first-order chi connectivity index (χ1) is 13.5. The number of hydrogen-bond donors (Lipinski definition) is 5. The highest BCUT2D eigenvalue weighted by molar-refractivity contribution is 6.30. The van der Waals surface area contributed by atoms with Crippen molar-refractivity contribution in [3.63, 3.8) is 0 Å². The minimum atomic E-state index is -1.25. The summed E-state index contributed by atoms with van der Waals surface area (Å²) in [6, 6.07) is 4.73. The van der Waals surface area contributed by atoms with Gasteiger partial charge >= 0.3 is 0 Å². The Bertz CT molecular complexity index is 999. The average Bonchev–Trinajstić information content (AvgIpc) is 3.24. The summed E-state index contributed by atoms with van der Waals surface area (Å²) in [7, 11) is 0. The van der Waals surface area contributed by atoms with E-state index < -0.39 is 31.1 Å². The first-order valence-electron chi connectivity index (χ1n) is 8.51. The first-order valence-corrected chi connectivity index (χ1v) is 8.88. The third-order valence-electron chi connectivity index (χ3n) is 4.64. The van der Waals surface area contributed by atoms with Crippen LogP contribution in [-0.2, 0) is 11.3 Å². The Morgan fingerprint density at radius 1 is 1.18 bits per heavy atom. The van der Waals surface area contributed by atoms with E-state index in [9.17, 15) is 20.4 Å². The van der Waals surface area contributed by atoms with E-state index in [0.29, 0.717) is 27.6 Å². The summed E-state index contributed by atoms with van der Waals surface area (Å²) in [6.45, 7) is -0.175. The van der Waals surface area contributed by atoms with Crippen LogP contribution in [0.4, 0.5) is 5.82 Å². The van der Waals surface area contributed by atoms with Gasteiger partial charge in [0.2, 0.25) is 0 Å². The van der Waals surface area contributed by atoms with Gasteiger partial charge < -0.3 is 30.5 Å². The van der Waals surface area contributed by atoms with E-state index in [-0.39, 0.29) is 12.3 Å². The lowest BCUT2D eigenvalue weighted by molar-refractivity contribution is -0.0511. The molecule has 28 heavy (non-hydrogen) atoms. The molecule has 11 heteroatoms. The summed E-state index contributed by atoms with van der Waals surface area (Å²) < 4.78 is 7.00. The third kappa shape index (κ3) is 3.25. The van der Waals surface area contributed by atoms with Crippen molar-refractivity contribution in [3.8, 4) is 5.75 Å². The molecule has 0 bridgehead atoms. The lowest BCUT2D eigenvalue weighted by atomic mass is 10.1. The number of phenols is 1. The predicted octanol–water partition coefficient (Wildman–Crippen LogP) is 0.409. The molecule has 4 rings (SSSR count). The molecule has 0 spiro atoms. The van der Waals surface area contributed by atoms with Crippen LogP contribution in [0.3, 0.4) is 0 Å². The Labute approximate surface area is 164 Å². The third-order valence-corrected chi connectivity index (χ3v) is 4.87. The van der Waals surface area contributed by atoms with Crippen molar-refractivity contribution in [2.75, 3.05) is 11.9 Å². The fourth-order valence-electron chi connectivity index (χ4n) is 3.15. The molecule has 1 unspecified atom stereocenters. The summed E-state index contributed by atoms with van der Waals surface area (Å²) in [5, 5.41) is 43.0. The zero-order valence-electron chi connectivity index (χ0n) is 14.5. The second-order valence-electron chi connectivity index (χ2n) is 6.40. The lowest BCUT2D eigenvalue weighted by Crippen LogP contribution is -2.33. The maximum Gasteiger partial charge on any atom is 0.167 e. The number of nitrogens with one attached hydrogen (secondary N) is 1. The number of aromatic nitrogens is 4. The van der Waals surface area contributed by atoms with Crippen LogP contribution in [0.5, 0.6) is 5.75 Å². The molecular weight excluding hydrogens is 390 g/mol. The number of aliphatic hydroxyl groups is 3. The Kier molecular flexibility index (Phi) is 5.04. The van der Waals surface area contributed by atoms with Crippen LogP contribution in [0.15, 0.2) is 30.9 Å². The van der Waals surface area contributed by atoms with Gasteiger partial charge in [0.15, 0.2) is 23.2 Å². The van der Waals surface area contributed by atoms with Gasteiger partial charge in [0.25, 0.3) is 0 Å². The normalized spacial score (nSPS) is 24.7. The summed E-state index contributed by atoms with van der Waals surface area (Å²) in [4.78, 5) is 12.6. The zero-order chi connectivity index (χ0) is 19.8. The van der Waals surface area contributed by atoms with Crippen molar-refractivity contribution in [2.24, 2.45) is 0 Å². The van der Waals surface area contributed by atoms with E-state index in [0.717, 1.165) is 0 Å². The van der Waals surface area contributed by atoms with Gasteiger partial charge in [0, 0.05) is 17.1 Å². The Morgan fingerprint density at radius 2 is 2.00 bits per heavy atom. The molecule has 0 saturated carbocycles. The fraction of sp³-hybridized carbons (Fsp3) is 0.353. The molecular formula is C17H18ClN5O5. The minimum absolute atomic E-state index is 0.0965. The van der Waals surface area contributed by atoms with Crippen LogP contribution in [-0.4, -0.2) is 64.9 Å². The molecule has 0 amide bonds. The van der Waals surface area contributed by atoms with E-state index in [1.165, 1.54) is 23.3 Å². The number of anilines is 1. The molecule has 1 aromatic carbocycles. The van der Waals surface area contributed by atoms with E-state index in [4.69, 9.17) is 16.3 Å². The average molecular weight is 408 g/mol. The molecule has 1 fully saturated rings. The molecule has 1 saturated heterocycles. The maximum atomic E-state index is 10.2. The van der Waals surface area contributed by atoms with Gasteiger partial charge in [-0.25, -0.2) is 15.0 Å². The molecule has 148 valence electrons. The number of phenolic OH excluding ortho intramolecular Hbond substituents is 1. The van der Waals surface area contributed by atoms with Crippen LogP contribution in [0.1, 0.15) is 11.8 Å². The van der Waals surface area contributed by atoms with Crippen molar-refractivity contribution < 1.29 is 25.2 Å².